The number of fused-ring (bicyclic) bond motifs is 2. The van der Waals surface area contributed by atoms with Gasteiger partial charge in [-0.1, -0.05) is 24.3 Å². The fourth-order valence-electron chi connectivity index (χ4n) is 5.05. The molecule has 2 aliphatic heterocycles. The van der Waals surface area contributed by atoms with Crippen molar-refractivity contribution in [1.29, 1.82) is 10.8 Å². The van der Waals surface area contributed by atoms with Crippen LogP contribution in [-0.4, -0.2) is 52.5 Å². The lowest BCUT2D eigenvalue weighted by Gasteiger charge is -2.33. The lowest BCUT2D eigenvalue weighted by molar-refractivity contribution is -0.137. The minimum Gasteiger partial charge on any atom is -0.490 e. The van der Waals surface area contributed by atoms with Crippen LogP contribution in [0.25, 0.3) is 16.8 Å². The van der Waals surface area contributed by atoms with E-state index < -0.39 is 17.0 Å². The van der Waals surface area contributed by atoms with Gasteiger partial charge in [0.25, 0.3) is 0 Å². The number of nitrogens with one attached hydrogen (secondary N) is 2. The van der Waals surface area contributed by atoms with E-state index in [2.05, 4.69) is 0 Å². The number of piperidine rings is 1. The number of carbonyl (C=O) groups is 1. The minimum absolute atomic E-state index is 0.00371. The number of amidine groups is 2. The SMILES string of the molecule is CCOC(=O)C1=Cc2cc(OC3CCN(C(C)=N)CC3)ccc2N(Cc2ccc3ccc(C(=N)N)cc3c2)S1=O. The first-order valence-electron chi connectivity index (χ1n) is 13.3. The van der Waals surface area contributed by atoms with Gasteiger partial charge in [-0.15, -0.1) is 0 Å². The van der Waals surface area contributed by atoms with E-state index in [1.165, 1.54) is 0 Å². The number of likely N-dealkylation sites (tertiary alicyclic amines) is 1. The number of nitrogens with zero attached hydrogens (tertiary/aromatic N) is 2. The van der Waals surface area contributed by atoms with Crippen molar-refractivity contribution in [2.45, 2.75) is 39.3 Å². The van der Waals surface area contributed by atoms with Crippen molar-refractivity contribution in [3.63, 3.8) is 0 Å². The number of ether oxygens (including phenoxy) is 2. The average molecular weight is 560 g/mol. The van der Waals surface area contributed by atoms with E-state index >= 15 is 0 Å². The molecule has 0 saturated carbocycles. The summed E-state index contributed by atoms with van der Waals surface area (Å²) < 4.78 is 26.9. The van der Waals surface area contributed by atoms with Crippen LogP contribution in [0.1, 0.15) is 43.4 Å². The Balaban J connectivity index is 1.44. The molecule has 0 spiro atoms. The molecule has 1 saturated heterocycles. The molecule has 0 radical (unpaired) electrons. The van der Waals surface area contributed by atoms with E-state index in [1.54, 1.807) is 24.2 Å². The molecule has 1 atom stereocenters. The average Bonchev–Trinajstić information content (AvgIpc) is 2.94. The Morgan fingerprint density at radius 1 is 1.05 bits per heavy atom. The molecule has 2 aliphatic rings. The van der Waals surface area contributed by atoms with Crippen LogP contribution in [0.15, 0.2) is 59.5 Å². The van der Waals surface area contributed by atoms with Crippen LogP contribution in [-0.2, 0) is 27.1 Å². The third-order valence-corrected chi connectivity index (χ3v) is 8.57. The Morgan fingerprint density at radius 2 is 1.80 bits per heavy atom. The van der Waals surface area contributed by atoms with Crippen molar-refractivity contribution in [2.24, 2.45) is 5.73 Å². The molecule has 0 bridgehead atoms. The number of esters is 1. The lowest BCUT2D eigenvalue weighted by atomic mass is 10.0. The van der Waals surface area contributed by atoms with Gasteiger partial charge in [-0.05, 0) is 66.6 Å². The van der Waals surface area contributed by atoms with Gasteiger partial charge in [0.15, 0.2) is 11.0 Å². The standard InChI is InChI=1S/C30H33N5O4S/c1-3-38-30(36)28-17-24-16-26(39-25-10-12-34(13-11-25)19(2)31)8-9-27(24)35(40(28)37)18-20-4-5-21-6-7-22(29(32)33)15-23(21)14-20/h4-9,14-17,25,31H,3,10-13,18H2,1-2H3,(H3,32,33). The zero-order chi connectivity index (χ0) is 28.4. The van der Waals surface area contributed by atoms with Gasteiger partial charge >= 0.3 is 5.97 Å². The number of nitrogen functional groups attached to an aromatic ring is 1. The quantitative estimate of drug-likeness (QED) is 0.221. The third-order valence-electron chi connectivity index (χ3n) is 7.18. The molecule has 2 heterocycles. The summed E-state index contributed by atoms with van der Waals surface area (Å²) in [6.45, 7) is 5.56. The fourth-order valence-corrected chi connectivity index (χ4v) is 6.33. The van der Waals surface area contributed by atoms with Crippen molar-refractivity contribution in [3.8, 4) is 5.75 Å². The highest BCUT2D eigenvalue weighted by Gasteiger charge is 2.31. The first kappa shape index (κ1) is 27.4. The van der Waals surface area contributed by atoms with Crippen molar-refractivity contribution in [1.82, 2.24) is 4.90 Å². The van der Waals surface area contributed by atoms with E-state index in [9.17, 15) is 9.00 Å². The summed E-state index contributed by atoms with van der Waals surface area (Å²) in [5, 5.41) is 17.5. The van der Waals surface area contributed by atoms with Gasteiger partial charge in [0.05, 0.1) is 24.7 Å². The van der Waals surface area contributed by atoms with Crippen molar-refractivity contribution < 1.29 is 18.5 Å². The van der Waals surface area contributed by atoms with Gasteiger partial charge in [0, 0.05) is 37.1 Å². The van der Waals surface area contributed by atoms with Crippen molar-refractivity contribution in [2.75, 3.05) is 24.0 Å². The third kappa shape index (κ3) is 5.72. The molecule has 1 fully saturated rings. The fraction of sp³-hybridized carbons (Fsp3) is 0.300. The minimum atomic E-state index is -1.78. The first-order chi connectivity index (χ1) is 19.2. The number of nitrogens with two attached hydrogens (primary N) is 1. The summed E-state index contributed by atoms with van der Waals surface area (Å²) >= 11 is 0. The molecule has 1 unspecified atom stereocenters. The van der Waals surface area contributed by atoms with Crippen LogP contribution >= 0.6 is 0 Å². The Morgan fingerprint density at radius 3 is 2.50 bits per heavy atom. The second-order valence-electron chi connectivity index (χ2n) is 9.94. The number of hydrogen-bond donors (Lipinski definition) is 3. The number of anilines is 1. The number of carbonyl (C=O) groups excluding carboxylic acids is 1. The molecular weight excluding hydrogens is 526 g/mol. The Kier molecular flexibility index (Phi) is 7.88. The number of rotatable bonds is 7. The molecule has 9 nitrogen and oxygen atoms in total. The molecule has 40 heavy (non-hydrogen) atoms. The Hall–Kier alpha value is -4.18. The monoisotopic (exact) mass is 559 g/mol. The Labute approximate surface area is 236 Å². The molecule has 208 valence electrons. The molecule has 0 amide bonds. The second kappa shape index (κ2) is 11.5. The summed E-state index contributed by atoms with van der Waals surface area (Å²) in [6.07, 6.45) is 3.31. The van der Waals surface area contributed by atoms with Crippen LogP contribution in [0.3, 0.4) is 0 Å². The van der Waals surface area contributed by atoms with Crippen LogP contribution < -0.4 is 14.8 Å². The largest absolute Gasteiger partial charge is 0.490 e. The van der Waals surface area contributed by atoms with Crippen LogP contribution in [0.2, 0.25) is 0 Å². The van der Waals surface area contributed by atoms with Gasteiger partial charge in [0.1, 0.15) is 22.6 Å². The number of benzene rings is 3. The smallest absolute Gasteiger partial charge is 0.349 e. The van der Waals surface area contributed by atoms with E-state index in [1.807, 2.05) is 59.5 Å². The molecule has 10 heteroatoms. The van der Waals surface area contributed by atoms with E-state index in [0.29, 0.717) is 17.1 Å². The maximum Gasteiger partial charge on any atom is 0.349 e. The topological polar surface area (TPSA) is 133 Å². The highest BCUT2D eigenvalue weighted by Crippen LogP contribution is 2.37. The summed E-state index contributed by atoms with van der Waals surface area (Å²) in [5.74, 6) is 0.638. The maximum absolute atomic E-state index is 13.7. The number of hydrogen-bond acceptors (Lipinski definition) is 6. The summed E-state index contributed by atoms with van der Waals surface area (Å²) in [6, 6.07) is 17.2. The van der Waals surface area contributed by atoms with Crippen LogP contribution in [0.5, 0.6) is 5.75 Å². The lowest BCUT2D eigenvalue weighted by Crippen LogP contribution is -2.40. The molecule has 4 N–H and O–H groups in total. The highest BCUT2D eigenvalue weighted by molar-refractivity contribution is 7.91. The highest BCUT2D eigenvalue weighted by atomic mass is 32.2. The predicted octanol–water partition coefficient (Wildman–Crippen LogP) is 4.55. The van der Waals surface area contributed by atoms with Gasteiger partial charge in [-0.2, -0.15) is 0 Å². The zero-order valence-corrected chi connectivity index (χ0v) is 23.4. The second-order valence-corrected chi connectivity index (χ2v) is 11.3. The molecule has 0 aliphatic carbocycles. The molecule has 5 rings (SSSR count). The molecule has 3 aromatic rings. The molecule has 3 aromatic carbocycles. The van der Waals surface area contributed by atoms with Gasteiger partial charge < -0.3 is 20.1 Å². The van der Waals surface area contributed by atoms with Crippen LogP contribution in [0.4, 0.5) is 5.69 Å². The van der Waals surface area contributed by atoms with Gasteiger partial charge in [-0.25, -0.2) is 9.00 Å². The predicted molar refractivity (Wildman–Crippen MR) is 159 cm³/mol. The van der Waals surface area contributed by atoms with Crippen molar-refractivity contribution >= 4 is 51.2 Å². The zero-order valence-electron chi connectivity index (χ0n) is 22.6. The van der Waals surface area contributed by atoms with E-state index in [-0.39, 0.29) is 30.0 Å². The van der Waals surface area contributed by atoms with E-state index in [0.717, 1.165) is 53.5 Å². The first-order valence-corrected chi connectivity index (χ1v) is 14.4. The van der Waals surface area contributed by atoms with E-state index in [4.69, 9.17) is 26.0 Å². The van der Waals surface area contributed by atoms with Crippen LogP contribution in [0, 0.1) is 10.8 Å². The summed E-state index contributed by atoms with van der Waals surface area (Å²) in [5.41, 5.74) is 8.67. The normalized spacial score (nSPS) is 17.2. The maximum atomic E-state index is 13.7. The molecular formula is C30H33N5O4S. The summed E-state index contributed by atoms with van der Waals surface area (Å²) in [7, 11) is -1.78. The van der Waals surface area contributed by atoms with Crippen molar-refractivity contribution in [3.05, 3.63) is 76.2 Å². The molecule has 0 aromatic heterocycles. The van der Waals surface area contributed by atoms with Gasteiger partial charge in [0.2, 0.25) is 0 Å². The summed E-state index contributed by atoms with van der Waals surface area (Å²) in [4.78, 5) is 14.9. The Bertz CT molecular complexity index is 1540. The van der Waals surface area contributed by atoms with Gasteiger partial charge in [-0.3, -0.25) is 15.1 Å².